The van der Waals surface area contributed by atoms with Crippen molar-refractivity contribution < 1.29 is 9.23 Å². The van der Waals surface area contributed by atoms with E-state index in [4.69, 9.17) is 16.4 Å². The van der Waals surface area contributed by atoms with Gasteiger partial charge in [-0.15, -0.1) is 11.8 Å². The van der Waals surface area contributed by atoms with Gasteiger partial charge in [-0.25, -0.2) is 4.39 Å². The zero-order valence-corrected chi connectivity index (χ0v) is 12.4. The maximum absolute atomic E-state index is 12.9. The Bertz CT molecular complexity index is 528. The molecule has 0 spiro atoms. The number of nitrogens with zero attached hydrogens (tertiary/aromatic N) is 1. The summed E-state index contributed by atoms with van der Waals surface area (Å²) in [6, 6.07) is 4.38. The highest BCUT2D eigenvalue weighted by Crippen LogP contribution is 2.27. The molecular weight excluding hydrogens is 285 g/mol. The van der Waals surface area contributed by atoms with Gasteiger partial charge in [0.05, 0.1) is 5.02 Å². The molecule has 0 saturated carbocycles. The summed E-state index contributed by atoms with van der Waals surface area (Å²) in [4.78, 5) is 5.28. The fraction of sp³-hybridized carbons (Fsp3) is 0.357. The van der Waals surface area contributed by atoms with E-state index in [9.17, 15) is 4.39 Å². The van der Waals surface area contributed by atoms with Gasteiger partial charge in [0.2, 0.25) is 0 Å². The van der Waals surface area contributed by atoms with E-state index in [1.807, 2.05) is 26.0 Å². The van der Waals surface area contributed by atoms with Crippen LogP contribution in [0.3, 0.4) is 0 Å². The largest absolute Gasteiger partial charge is 0.389 e. The summed E-state index contributed by atoms with van der Waals surface area (Å²) in [7, 11) is 0. The molecule has 19 heavy (non-hydrogen) atoms. The monoisotopic (exact) mass is 299 g/mol. The molecule has 0 atom stereocenters. The summed E-state index contributed by atoms with van der Waals surface area (Å²) >= 11 is 7.57. The highest BCUT2D eigenvalue weighted by molar-refractivity contribution is 8.14. The maximum atomic E-state index is 12.9. The smallest absolute Gasteiger partial charge is 0.138 e. The molecular formula is C14H15ClFNOS. The predicted octanol–water partition coefficient (Wildman–Crippen LogP) is 4.74. The van der Waals surface area contributed by atoms with E-state index in [1.54, 1.807) is 17.8 Å². The van der Waals surface area contributed by atoms with Crippen LogP contribution in [0.25, 0.3) is 6.08 Å². The second-order valence-electron chi connectivity index (χ2n) is 4.89. The van der Waals surface area contributed by atoms with Gasteiger partial charge in [0.15, 0.2) is 0 Å². The zero-order chi connectivity index (χ0) is 13.9. The summed E-state index contributed by atoms with van der Waals surface area (Å²) in [5.74, 6) is 0.461. The van der Waals surface area contributed by atoms with Crippen LogP contribution in [0.15, 0.2) is 29.4 Å². The number of halogens is 2. The molecule has 1 aromatic carbocycles. The normalized spacial score (nSPS) is 17.6. The van der Waals surface area contributed by atoms with Gasteiger partial charge in [-0.2, -0.15) is 0 Å². The number of hydrogen-bond acceptors (Lipinski definition) is 3. The van der Waals surface area contributed by atoms with Crippen molar-refractivity contribution in [2.24, 2.45) is 5.16 Å². The van der Waals surface area contributed by atoms with Crippen LogP contribution in [0.1, 0.15) is 25.8 Å². The third kappa shape index (κ3) is 4.25. The number of oxime groups is 1. The van der Waals surface area contributed by atoms with Crippen LogP contribution in [-0.2, 0) is 4.84 Å². The second kappa shape index (κ2) is 5.97. The van der Waals surface area contributed by atoms with Gasteiger partial charge in [0, 0.05) is 12.2 Å². The van der Waals surface area contributed by atoms with Gasteiger partial charge < -0.3 is 4.84 Å². The number of hydrogen-bond donors (Lipinski definition) is 0. The lowest BCUT2D eigenvalue weighted by Gasteiger charge is -2.12. The summed E-state index contributed by atoms with van der Waals surface area (Å²) in [5.41, 5.74) is 0.625. The molecule has 1 aliphatic rings. The third-order valence-electron chi connectivity index (χ3n) is 2.58. The first-order valence-corrected chi connectivity index (χ1v) is 7.32. The lowest BCUT2D eigenvalue weighted by atomic mass is 10.1. The van der Waals surface area contributed by atoms with E-state index in [-0.39, 0.29) is 11.4 Å². The molecule has 1 aliphatic heterocycles. The van der Waals surface area contributed by atoms with Crippen molar-refractivity contribution in [2.45, 2.75) is 25.9 Å². The first-order chi connectivity index (χ1) is 8.96. The van der Waals surface area contributed by atoms with Crippen LogP contribution in [-0.4, -0.2) is 16.4 Å². The SMILES string of the molecule is CC1(C)CC(SCC=Cc2ccc(F)cc2Cl)=NO1. The van der Waals surface area contributed by atoms with E-state index >= 15 is 0 Å². The molecule has 0 fully saturated rings. The lowest BCUT2D eigenvalue weighted by molar-refractivity contribution is 0.0123. The lowest BCUT2D eigenvalue weighted by Crippen LogP contribution is -2.18. The minimum absolute atomic E-state index is 0.188. The first kappa shape index (κ1) is 14.4. The summed E-state index contributed by atoms with van der Waals surface area (Å²) in [6.45, 7) is 4.02. The maximum Gasteiger partial charge on any atom is 0.138 e. The Morgan fingerprint density at radius 2 is 2.32 bits per heavy atom. The molecule has 102 valence electrons. The van der Waals surface area contributed by atoms with E-state index in [0.717, 1.165) is 22.8 Å². The van der Waals surface area contributed by atoms with Crippen molar-refractivity contribution in [1.29, 1.82) is 0 Å². The molecule has 0 unspecified atom stereocenters. The van der Waals surface area contributed by atoms with Crippen molar-refractivity contribution in [3.8, 4) is 0 Å². The molecule has 1 heterocycles. The standard InChI is InChI=1S/C14H15ClFNOS/c1-14(2)9-13(17-18-14)19-7-3-4-10-5-6-11(16)8-12(10)15/h3-6,8H,7,9H2,1-2H3. The summed E-state index contributed by atoms with van der Waals surface area (Å²) in [5, 5.41) is 5.45. The third-order valence-corrected chi connectivity index (χ3v) is 3.82. The highest BCUT2D eigenvalue weighted by Gasteiger charge is 2.28. The van der Waals surface area contributed by atoms with E-state index in [0.29, 0.717) is 5.02 Å². The molecule has 0 aliphatic carbocycles. The Balaban J connectivity index is 1.84. The molecule has 1 aromatic rings. The van der Waals surface area contributed by atoms with Gasteiger partial charge in [-0.1, -0.05) is 35.0 Å². The first-order valence-electron chi connectivity index (χ1n) is 5.96. The van der Waals surface area contributed by atoms with Crippen LogP contribution in [0.2, 0.25) is 5.02 Å². The van der Waals surface area contributed by atoms with Crippen LogP contribution in [0, 0.1) is 5.82 Å². The van der Waals surface area contributed by atoms with Gasteiger partial charge in [0.25, 0.3) is 0 Å². The molecule has 2 rings (SSSR count). The highest BCUT2D eigenvalue weighted by atomic mass is 35.5. The molecule has 0 N–H and O–H groups in total. The van der Waals surface area contributed by atoms with Crippen molar-refractivity contribution in [1.82, 2.24) is 0 Å². The van der Waals surface area contributed by atoms with Crippen molar-refractivity contribution in [2.75, 3.05) is 5.75 Å². The molecule has 5 heteroatoms. The summed E-state index contributed by atoms with van der Waals surface area (Å²) in [6.07, 6.45) is 4.71. The Hall–Kier alpha value is -1.00. The molecule has 0 amide bonds. The fourth-order valence-electron chi connectivity index (χ4n) is 1.64. The topological polar surface area (TPSA) is 21.6 Å². The molecule has 0 saturated heterocycles. The Kier molecular flexibility index (Phi) is 4.53. The van der Waals surface area contributed by atoms with Crippen molar-refractivity contribution in [3.05, 3.63) is 40.7 Å². The van der Waals surface area contributed by atoms with Crippen LogP contribution < -0.4 is 0 Å². The van der Waals surface area contributed by atoms with Gasteiger partial charge in [0.1, 0.15) is 16.5 Å². The Morgan fingerprint density at radius 3 is 2.95 bits per heavy atom. The Morgan fingerprint density at radius 1 is 1.53 bits per heavy atom. The van der Waals surface area contributed by atoms with Crippen molar-refractivity contribution in [3.63, 3.8) is 0 Å². The van der Waals surface area contributed by atoms with E-state index < -0.39 is 0 Å². The van der Waals surface area contributed by atoms with Crippen LogP contribution >= 0.6 is 23.4 Å². The van der Waals surface area contributed by atoms with Crippen molar-refractivity contribution >= 4 is 34.5 Å². The predicted molar refractivity (Wildman–Crippen MR) is 80.1 cm³/mol. The summed E-state index contributed by atoms with van der Waals surface area (Å²) < 4.78 is 12.9. The number of thioether (sulfide) groups is 1. The Labute approximate surface area is 121 Å². The average molecular weight is 300 g/mol. The van der Waals surface area contributed by atoms with Crippen LogP contribution in [0.4, 0.5) is 4.39 Å². The molecule has 0 bridgehead atoms. The van der Waals surface area contributed by atoms with E-state index in [2.05, 4.69) is 5.16 Å². The van der Waals surface area contributed by atoms with Crippen LogP contribution in [0.5, 0.6) is 0 Å². The molecule has 0 aromatic heterocycles. The van der Waals surface area contributed by atoms with E-state index in [1.165, 1.54) is 12.1 Å². The minimum Gasteiger partial charge on any atom is -0.389 e. The second-order valence-corrected chi connectivity index (χ2v) is 6.39. The molecule has 2 nitrogen and oxygen atoms in total. The van der Waals surface area contributed by atoms with Gasteiger partial charge >= 0.3 is 0 Å². The number of benzene rings is 1. The zero-order valence-electron chi connectivity index (χ0n) is 10.8. The van der Waals surface area contributed by atoms with Gasteiger partial charge in [-0.05, 0) is 31.5 Å². The van der Waals surface area contributed by atoms with Gasteiger partial charge in [-0.3, -0.25) is 0 Å². The number of rotatable bonds is 3. The average Bonchev–Trinajstić information content (AvgIpc) is 2.67. The fourth-order valence-corrected chi connectivity index (χ4v) is 2.79. The minimum atomic E-state index is -0.323. The molecule has 0 radical (unpaired) electrons. The quantitative estimate of drug-likeness (QED) is 0.804.